The van der Waals surface area contributed by atoms with Gasteiger partial charge in [-0.05, 0) is 30.5 Å². The third kappa shape index (κ3) is 2.13. The summed E-state index contributed by atoms with van der Waals surface area (Å²) in [5.41, 5.74) is 1.65. The van der Waals surface area contributed by atoms with Gasteiger partial charge in [0.2, 0.25) is 0 Å². The highest BCUT2D eigenvalue weighted by Crippen LogP contribution is 2.24. The summed E-state index contributed by atoms with van der Waals surface area (Å²) in [4.78, 5) is 17.4. The first-order chi connectivity index (χ1) is 8.11. The van der Waals surface area contributed by atoms with Gasteiger partial charge in [0.25, 0.3) is 0 Å². The topological polar surface area (TPSA) is 85.7 Å². The molecule has 2 aromatic rings. The normalized spacial score (nSPS) is 12.5. The van der Waals surface area contributed by atoms with Crippen LogP contribution in [0, 0.1) is 0 Å². The van der Waals surface area contributed by atoms with Crippen molar-refractivity contribution in [2.24, 2.45) is 4.99 Å². The van der Waals surface area contributed by atoms with Gasteiger partial charge in [-0.1, -0.05) is 0 Å². The molecule has 3 N–H and O–H groups in total. The van der Waals surface area contributed by atoms with Crippen LogP contribution < -0.4 is 0 Å². The van der Waals surface area contributed by atoms with E-state index in [4.69, 9.17) is 5.11 Å². The molecular weight excluding hydrogens is 220 g/mol. The molecule has 0 saturated heterocycles. The molecule has 0 fully saturated rings. The number of phenolic OH excluding ortho intramolecular Hbond substituents is 1. The van der Waals surface area contributed by atoms with Crippen molar-refractivity contribution in [2.75, 3.05) is 0 Å². The average molecular weight is 232 g/mol. The van der Waals surface area contributed by atoms with Gasteiger partial charge in [-0.3, -0.25) is 4.99 Å². The van der Waals surface area contributed by atoms with Crippen molar-refractivity contribution in [1.29, 1.82) is 0 Å². The lowest BCUT2D eigenvalue weighted by atomic mass is 10.1. The van der Waals surface area contributed by atoms with Gasteiger partial charge < -0.3 is 15.2 Å². The highest BCUT2D eigenvalue weighted by atomic mass is 16.4. The lowest BCUT2D eigenvalue weighted by Gasteiger charge is -2.05. The van der Waals surface area contributed by atoms with Crippen LogP contribution in [0.5, 0.6) is 5.75 Å². The quantitative estimate of drug-likeness (QED) is 0.699. The monoisotopic (exact) mass is 232 g/mol. The van der Waals surface area contributed by atoms with Gasteiger partial charge >= 0.3 is 5.97 Å². The minimum absolute atomic E-state index is 0.150. The Hall–Kier alpha value is -2.30. The number of carboxylic acid groups (broad SMARTS) is 1. The molecule has 0 saturated carbocycles. The van der Waals surface area contributed by atoms with Crippen LogP contribution >= 0.6 is 0 Å². The number of nitrogens with one attached hydrogen (secondary N) is 1. The van der Waals surface area contributed by atoms with E-state index >= 15 is 0 Å². The second-order valence-electron chi connectivity index (χ2n) is 3.78. The van der Waals surface area contributed by atoms with Crippen LogP contribution in [0.4, 0.5) is 0 Å². The van der Waals surface area contributed by atoms with Gasteiger partial charge in [0, 0.05) is 23.5 Å². The van der Waals surface area contributed by atoms with E-state index in [-0.39, 0.29) is 12.2 Å². The summed E-state index contributed by atoms with van der Waals surface area (Å²) >= 11 is 0. The molecule has 1 atom stereocenters. The fraction of sp³-hybridized carbons (Fsp3) is 0.167. The molecule has 0 aliphatic carbocycles. The molecule has 5 nitrogen and oxygen atoms in total. The fourth-order valence-electron chi connectivity index (χ4n) is 1.77. The zero-order chi connectivity index (χ0) is 12.4. The Morgan fingerprint density at radius 1 is 1.53 bits per heavy atom. The number of hydrogen-bond donors (Lipinski definition) is 3. The van der Waals surface area contributed by atoms with Gasteiger partial charge in [-0.15, -0.1) is 0 Å². The zero-order valence-corrected chi connectivity index (χ0v) is 9.05. The highest BCUT2D eigenvalue weighted by Gasteiger charge is 2.17. The second-order valence-corrected chi connectivity index (χ2v) is 3.78. The third-order valence-electron chi connectivity index (χ3n) is 2.67. The molecule has 1 heterocycles. The van der Waals surface area contributed by atoms with Crippen molar-refractivity contribution in [3.63, 3.8) is 0 Å². The Labute approximate surface area is 97.4 Å². The number of hydrogen-bond acceptors (Lipinski definition) is 3. The minimum atomic E-state index is -1.01. The molecular formula is C12H12N2O3. The molecule has 5 heteroatoms. The molecule has 0 amide bonds. The number of nitrogens with zero attached hydrogens (tertiary/aromatic N) is 1. The van der Waals surface area contributed by atoms with Crippen molar-refractivity contribution in [3.05, 3.63) is 30.0 Å². The number of aromatic nitrogens is 1. The Balaban J connectivity index is 2.38. The molecule has 0 radical (unpaired) electrons. The van der Waals surface area contributed by atoms with Gasteiger partial charge in [-0.25, -0.2) is 4.79 Å². The molecule has 1 aromatic heterocycles. The van der Waals surface area contributed by atoms with E-state index in [1.54, 1.807) is 24.4 Å². The number of aliphatic carboxylic acids is 1. The number of fused-ring (bicyclic) bond motifs is 1. The predicted molar refractivity (Wildman–Crippen MR) is 64.6 cm³/mol. The number of rotatable bonds is 4. The van der Waals surface area contributed by atoms with E-state index in [2.05, 4.69) is 16.7 Å². The summed E-state index contributed by atoms with van der Waals surface area (Å²) in [6.07, 6.45) is 1.98. The van der Waals surface area contributed by atoms with Crippen LogP contribution in [-0.4, -0.2) is 33.9 Å². The third-order valence-corrected chi connectivity index (χ3v) is 2.67. The molecule has 0 aliphatic heterocycles. The van der Waals surface area contributed by atoms with Crippen molar-refractivity contribution in [2.45, 2.75) is 12.5 Å². The number of aliphatic imine (C=N–C) groups is 1. The van der Waals surface area contributed by atoms with Crippen molar-refractivity contribution in [3.8, 4) is 5.75 Å². The summed E-state index contributed by atoms with van der Waals surface area (Å²) in [7, 11) is 0. The SMILES string of the molecule is C=N[C@@H](Cc1c[nH]c2ccc(O)cc12)C(=O)O. The van der Waals surface area contributed by atoms with Crippen LogP contribution in [0.3, 0.4) is 0 Å². The van der Waals surface area contributed by atoms with Crippen LogP contribution in [0.1, 0.15) is 5.56 Å². The van der Waals surface area contributed by atoms with Crippen molar-refractivity contribution < 1.29 is 15.0 Å². The Bertz CT molecular complexity index is 574. The minimum Gasteiger partial charge on any atom is -0.508 e. The van der Waals surface area contributed by atoms with E-state index in [1.807, 2.05) is 0 Å². The molecule has 1 aromatic carbocycles. The van der Waals surface area contributed by atoms with Crippen LogP contribution in [0.25, 0.3) is 10.9 Å². The number of carboxylic acids is 1. The van der Waals surface area contributed by atoms with E-state index in [9.17, 15) is 9.90 Å². The standard InChI is InChI=1S/C12H12N2O3/c1-13-11(12(16)17)4-7-6-14-10-3-2-8(15)5-9(7)10/h2-3,5-6,11,14-15H,1,4H2,(H,16,17)/t11-/m0/s1. The van der Waals surface area contributed by atoms with Crippen molar-refractivity contribution >= 4 is 23.6 Å². The zero-order valence-electron chi connectivity index (χ0n) is 9.05. The van der Waals surface area contributed by atoms with Gasteiger partial charge in [0.15, 0.2) is 6.04 Å². The van der Waals surface area contributed by atoms with Gasteiger partial charge in [-0.2, -0.15) is 0 Å². The number of benzene rings is 1. The van der Waals surface area contributed by atoms with Crippen molar-refractivity contribution in [1.82, 2.24) is 4.98 Å². The maximum atomic E-state index is 10.9. The molecule has 0 aliphatic rings. The smallest absolute Gasteiger partial charge is 0.328 e. The Morgan fingerprint density at radius 3 is 2.94 bits per heavy atom. The summed E-state index contributed by atoms with van der Waals surface area (Å²) in [6.45, 7) is 3.27. The molecule has 0 unspecified atom stereocenters. The van der Waals surface area contributed by atoms with E-state index in [0.29, 0.717) is 0 Å². The molecule has 0 spiro atoms. The van der Waals surface area contributed by atoms with Crippen LogP contribution in [0.15, 0.2) is 29.4 Å². The van der Waals surface area contributed by atoms with E-state index < -0.39 is 12.0 Å². The first-order valence-electron chi connectivity index (χ1n) is 5.09. The number of phenols is 1. The lowest BCUT2D eigenvalue weighted by Crippen LogP contribution is -2.19. The van der Waals surface area contributed by atoms with Gasteiger partial charge in [0.05, 0.1) is 0 Å². The number of aromatic hydroxyl groups is 1. The number of aromatic amines is 1. The van der Waals surface area contributed by atoms with Crippen LogP contribution in [0.2, 0.25) is 0 Å². The van der Waals surface area contributed by atoms with Crippen LogP contribution in [-0.2, 0) is 11.2 Å². The summed E-state index contributed by atoms with van der Waals surface area (Å²) in [6, 6.07) is 4.05. The summed E-state index contributed by atoms with van der Waals surface area (Å²) < 4.78 is 0. The predicted octanol–water partition coefficient (Wildman–Crippen LogP) is 1.57. The van der Waals surface area contributed by atoms with Gasteiger partial charge in [0.1, 0.15) is 5.75 Å². The molecule has 17 heavy (non-hydrogen) atoms. The van der Waals surface area contributed by atoms with E-state index in [0.717, 1.165) is 16.5 Å². The maximum Gasteiger partial charge on any atom is 0.328 e. The Kier molecular flexibility index (Phi) is 2.82. The first kappa shape index (κ1) is 11.2. The fourth-order valence-corrected chi connectivity index (χ4v) is 1.77. The highest BCUT2D eigenvalue weighted by molar-refractivity contribution is 5.85. The molecule has 0 bridgehead atoms. The summed E-state index contributed by atoms with van der Waals surface area (Å²) in [5, 5.41) is 19.1. The first-order valence-corrected chi connectivity index (χ1v) is 5.09. The second kappa shape index (κ2) is 4.29. The van der Waals surface area contributed by atoms with E-state index in [1.165, 1.54) is 0 Å². The largest absolute Gasteiger partial charge is 0.508 e. The molecule has 2 rings (SSSR count). The number of H-pyrrole nitrogens is 1. The number of carbonyl (C=O) groups is 1. The maximum absolute atomic E-state index is 10.9. The Morgan fingerprint density at radius 2 is 2.29 bits per heavy atom. The average Bonchev–Trinajstić information content (AvgIpc) is 2.68. The lowest BCUT2D eigenvalue weighted by molar-refractivity contribution is -0.138. The summed E-state index contributed by atoms with van der Waals surface area (Å²) in [5.74, 6) is -0.855. The molecule has 88 valence electrons.